The predicted molar refractivity (Wildman–Crippen MR) is 99.2 cm³/mol. The number of carbonyl (C=O) groups is 1. The van der Waals surface area contributed by atoms with Crippen molar-refractivity contribution in [3.63, 3.8) is 0 Å². The van der Waals surface area contributed by atoms with E-state index in [4.69, 9.17) is 16.3 Å². The summed E-state index contributed by atoms with van der Waals surface area (Å²) in [7, 11) is 0. The van der Waals surface area contributed by atoms with Gasteiger partial charge in [0.05, 0.1) is 6.33 Å². The maximum absolute atomic E-state index is 12.4. The predicted octanol–water partition coefficient (Wildman–Crippen LogP) is 2.75. The zero-order chi connectivity index (χ0) is 18.4. The Morgan fingerprint density at radius 1 is 1.35 bits per heavy atom. The number of aryl methyl sites for hydroxylation is 1. The second-order valence-electron chi connectivity index (χ2n) is 6.76. The molecule has 0 aliphatic carbocycles. The van der Waals surface area contributed by atoms with E-state index in [0.717, 1.165) is 6.42 Å². The highest BCUT2D eigenvalue weighted by atomic mass is 35.5. The van der Waals surface area contributed by atoms with Gasteiger partial charge in [0.15, 0.2) is 0 Å². The van der Waals surface area contributed by atoms with Gasteiger partial charge in [0.2, 0.25) is 5.91 Å². The number of aromatic nitrogens is 2. The van der Waals surface area contributed by atoms with Crippen LogP contribution in [-0.4, -0.2) is 50.8 Å². The van der Waals surface area contributed by atoms with Crippen LogP contribution in [0.2, 0.25) is 5.02 Å². The molecule has 1 aliphatic rings. The summed E-state index contributed by atoms with van der Waals surface area (Å²) in [5, 5.41) is 11.5. The number of nitrogens with zero attached hydrogens (tertiary/aromatic N) is 3. The van der Waals surface area contributed by atoms with Crippen LogP contribution in [0.1, 0.15) is 25.7 Å². The fraction of sp³-hybridized carbons (Fsp3) is 0.474. The van der Waals surface area contributed by atoms with Crippen molar-refractivity contribution >= 4 is 17.5 Å². The van der Waals surface area contributed by atoms with E-state index in [0.29, 0.717) is 49.7 Å². The van der Waals surface area contributed by atoms with E-state index in [1.807, 2.05) is 27.8 Å². The molecule has 1 N–H and O–H groups in total. The standard InChI is InChI=1S/C19H24ClN3O3/c20-16-3-1-4-17(13-16)26-14-19(25)6-2-9-23(11-7-19)18(24)5-10-22-12-8-21-15-22/h1,3-4,8,12-13,15,25H,2,5-7,9-11,14H2. The van der Waals surface area contributed by atoms with Gasteiger partial charge in [-0.15, -0.1) is 0 Å². The largest absolute Gasteiger partial charge is 0.491 e. The third-order valence-electron chi connectivity index (χ3n) is 4.72. The van der Waals surface area contributed by atoms with E-state index in [-0.39, 0.29) is 12.5 Å². The number of halogens is 1. The number of rotatable bonds is 6. The fourth-order valence-corrected chi connectivity index (χ4v) is 3.33. The van der Waals surface area contributed by atoms with Crippen LogP contribution in [0, 0.1) is 0 Å². The lowest BCUT2D eigenvalue weighted by molar-refractivity contribution is -0.131. The molecule has 7 heteroatoms. The van der Waals surface area contributed by atoms with Gasteiger partial charge in [-0.25, -0.2) is 4.98 Å². The number of hydrogen-bond acceptors (Lipinski definition) is 4. The van der Waals surface area contributed by atoms with E-state index < -0.39 is 5.60 Å². The third kappa shape index (κ3) is 5.22. The highest BCUT2D eigenvalue weighted by Gasteiger charge is 2.32. The van der Waals surface area contributed by atoms with Crippen LogP contribution in [0.25, 0.3) is 0 Å². The lowest BCUT2D eigenvalue weighted by Crippen LogP contribution is -2.38. The highest BCUT2D eigenvalue weighted by molar-refractivity contribution is 6.30. The molecule has 1 fully saturated rings. The van der Waals surface area contributed by atoms with Gasteiger partial charge in [-0.3, -0.25) is 4.79 Å². The Kier molecular flexibility index (Phi) is 6.16. The molecule has 1 aliphatic heterocycles. The van der Waals surface area contributed by atoms with Crippen molar-refractivity contribution < 1.29 is 14.6 Å². The summed E-state index contributed by atoms with van der Waals surface area (Å²) >= 11 is 5.96. The molecular weight excluding hydrogens is 354 g/mol. The molecule has 1 aromatic heterocycles. The van der Waals surface area contributed by atoms with Crippen molar-refractivity contribution in [2.75, 3.05) is 19.7 Å². The summed E-state index contributed by atoms with van der Waals surface area (Å²) in [6.45, 7) is 2.03. The van der Waals surface area contributed by atoms with Crippen molar-refractivity contribution in [2.45, 2.75) is 37.8 Å². The maximum atomic E-state index is 12.4. The summed E-state index contributed by atoms with van der Waals surface area (Å²) in [6.07, 6.45) is 7.57. The number of amides is 1. The third-order valence-corrected chi connectivity index (χ3v) is 4.95. The zero-order valence-electron chi connectivity index (χ0n) is 14.7. The molecule has 0 spiro atoms. The Bertz CT molecular complexity index is 723. The summed E-state index contributed by atoms with van der Waals surface area (Å²) in [5.74, 6) is 0.752. The second-order valence-corrected chi connectivity index (χ2v) is 7.19. The van der Waals surface area contributed by atoms with Crippen molar-refractivity contribution in [2.24, 2.45) is 0 Å². The zero-order valence-corrected chi connectivity index (χ0v) is 15.4. The fourth-order valence-electron chi connectivity index (χ4n) is 3.15. The van der Waals surface area contributed by atoms with Crippen LogP contribution in [0.15, 0.2) is 43.0 Å². The Labute approximate surface area is 158 Å². The molecule has 1 aromatic carbocycles. The Morgan fingerprint density at radius 3 is 3.00 bits per heavy atom. The summed E-state index contributed by atoms with van der Waals surface area (Å²) in [6, 6.07) is 7.14. The van der Waals surface area contributed by atoms with Crippen LogP contribution in [0.4, 0.5) is 0 Å². The van der Waals surface area contributed by atoms with Gasteiger partial charge in [-0.05, 0) is 37.5 Å². The van der Waals surface area contributed by atoms with Gasteiger partial charge >= 0.3 is 0 Å². The first-order valence-electron chi connectivity index (χ1n) is 8.88. The number of benzene rings is 1. The topological polar surface area (TPSA) is 67.6 Å². The van der Waals surface area contributed by atoms with Crippen LogP contribution in [0.5, 0.6) is 5.75 Å². The number of carbonyl (C=O) groups excluding carboxylic acids is 1. The average molecular weight is 378 g/mol. The van der Waals surface area contributed by atoms with Crippen molar-refractivity contribution in [3.8, 4) is 5.75 Å². The van der Waals surface area contributed by atoms with E-state index in [2.05, 4.69) is 4.98 Å². The molecule has 1 saturated heterocycles. The van der Waals surface area contributed by atoms with Crippen molar-refractivity contribution in [3.05, 3.63) is 48.0 Å². The second kappa shape index (κ2) is 8.56. The number of likely N-dealkylation sites (tertiary alicyclic amines) is 1. The van der Waals surface area contributed by atoms with E-state index in [1.165, 1.54) is 0 Å². The first-order valence-corrected chi connectivity index (χ1v) is 9.26. The van der Waals surface area contributed by atoms with E-state index >= 15 is 0 Å². The van der Waals surface area contributed by atoms with E-state index in [9.17, 15) is 9.90 Å². The molecule has 1 unspecified atom stereocenters. The van der Waals surface area contributed by atoms with E-state index in [1.54, 1.807) is 24.7 Å². The number of hydrogen-bond donors (Lipinski definition) is 1. The number of imidazole rings is 1. The molecule has 1 amide bonds. The van der Waals surface area contributed by atoms with Gasteiger partial charge in [-0.2, -0.15) is 0 Å². The van der Waals surface area contributed by atoms with Crippen LogP contribution in [0.3, 0.4) is 0 Å². The average Bonchev–Trinajstić information content (AvgIpc) is 3.07. The normalized spacial score (nSPS) is 20.6. The molecule has 0 bridgehead atoms. The van der Waals surface area contributed by atoms with Gasteiger partial charge in [-0.1, -0.05) is 17.7 Å². The molecule has 0 saturated carbocycles. The number of ether oxygens (including phenoxy) is 1. The summed E-state index contributed by atoms with van der Waals surface area (Å²) in [5.41, 5.74) is -0.929. The van der Waals surface area contributed by atoms with Crippen LogP contribution in [-0.2, 0) is 11.3 Å². The highest BCUT2D eigenvalue weighted by Crippen LogP contribution is 2.25. The van der Waals surface area contributed by atoms with Gasteiger partial charge in [0, 0.05) is 43.5 Å². The van der Waals surface area contributed by atoms with Crippen molar-refractivity contribution in [1.82, 2.24) is 14.5 Å². The van der Waals surface area contributed by atoms with Crippen LogP contribution >= 0.6 is 11.6 Å². The molecule has 2 heterocycles. The molecule has 2 aromatic rings. The minimum atomic E-state index is -0.929. The summed E-state index contributed by atoms with van der Waals surface area (Å²) < 4.78 is 7.62. The molecule has 0 radical (unpaired) electrons. The molecule has 6 nitrogen and oxygen atoms in total. The first kappa shape index (κ1) is 18.7. The molecule has 3 rings (SSSR count). The monoisotopic (exact) mass is 377 g/mol. The lowest BCUT2D eigenvalue weighted by atomic mass is 9.96. The quantitative estimate of drug-likeness (QED) is 0.840. The minimum Gasteiger partial charge on any atom is -0.491 e. The Balaban J connectivity index is 1.49. The Morgan fingerprint density at radius 2 is 2.23 bits per heavy atom. The molecular formula is C19H24ClN3O3. The lowest BCUT2D eigenvalue weighted by Gasteiger charge is -2.27. The minimum absolute atomic E-state index is 0.110. The first-order chi connectivity index (χ1) is 12.5. The van der Waals surface area contributed by atoms with Gasteiger partial charge in [0.25, 0.3) is 0 Å². The summed E-state index contributed by atoms with van der Waals surface area (Å²) in [4.78, 5) is 18.3. The van der Waals surface area contributed by atoms with Gasteiger partial charge < -0.3 is 19.3 Å². The maximum Gasteiger partial charge on any atom is 0.224 e. The van der Waals surface area contributed by atoms with Crippen molar-refractivity contribution in [1.29, 1.82) is 0 Å². The van der Waals surface area contributed by atoms with Crippen LogP contribution < -0.4 is 4.74 Å². The molecule has 26 heavy (non-hydrogen) atoms. The van der Waals surface area contributed by atoms with Gasteiger partial charge in [0.1, 0.15) is 18.0 Å². The molecule has 1 atom stereocenters. The smallest absolute Gasteiger partial charge is 0.224 e. The Hall–Kier alpha value is -2.05. The number of aliphatic hydroxyl groups is 1. The SMILES string of the molecule is O=C(CCn1ccnc1)N1CCCC(O)(COc2cccc(Cl)c2)CC1. The molecule has 140 valence electrons.